The van der Waals surface area contributed by atoms with Gasteiger partial charge >= 0.3 is 0 Å². The maximum absolute atomic E-state index is 13.1. The summed E-state index contributed by atoms with van der Waals surface area (Å²) in [6.07, 6.45) is 2.24. The third-order valence-electron chi connectivity index (χ3n) is 5.66. The number of benzene rings is 2. The van der Waals surface area contributed by atoms with Crippen LogP contribution in [0.3, 0.4) is 0 Å². The summed E-state index contributed by atoms with van der Waals surface area (Å²) in [7, 11) is 0. The molecule has 3 aromatic rings. The van der Waals surface area contributed by atoms with Crippen LogP contribution in [0.15, 0.2) is 42.5 Å². The number of rotatable bonds is 4. The largest absolute Gasteiger partial charge is 0.486 e. The van der Waals surface area contributed by atoms with Crippen molar-refractivity contribution in [3.63, 3.8) is 0 Å². The van der Waals surface area contributed by atoms with Crippen LogP contribution in [0.25, 0.3) is 11.0 Å². The quantitative estimate of drug-likeness (QED) is 0.714. The molecule has 0 spiro atoms. The molecule has 154 valence electrons. The van der Waals surface area contributed by atoms with Gasteiger partial charge in [0.15, 0.2) is 23.1 Å². The molecule has 1 saturated heterocycles. The van der Waals surface area contributed by atoms with E-state index in [-0.39, 0.29) is 11.8 Å². The zero-order valence-corrected chi connectivity index (χ0v) is 16.9. The number of anilines is 2. The average molecular weight is 404 g/mol. The fraction of sp³-hybridized carbons (Fsp3) is 0.348. The van der Waals surface area contributed by atoms with Crippen molar-refractivity contribution >= 4 is 28.6 Å². The van der Waals surface area contributed by atoms with Crippen molar-refractivity contribution in [1.82, 2.24) is 9.97 Å². The van der Waals surface area contributed by atoms with Crippen molar-refractivity contribution < 1.29 is 14.3 Å². The molecule has 0 bridgehead atoms. The zero-order chi connectivity index (χ0) is 20.5. The molecule has 7 heteroatoms. The SMILES string of the molecule is CC(C(=O)Nc1nc2ccccc2nc1N1CCCC1)c1ccc2c(c1)OCCO2. The number of carbonyl (C=O) groups is 1. The van der Waals surface area contributed by atoms with Crippen molar-refractivity contribution in [2.24, 2.45) is 0 Å². The molecule has 30 heavy (non-hydrogen) atoms. The van der Waals surface area contributed by atoms with E-state index in [2.05, 4.69) is 10.2 Å². The molecular formula is C23H24N4O3. The molecule has 0 radical (unpaired) electrons. The maximum atomic E-state index is 13.1. The van der Waals surface area contributed by atoms with E-state index in [9.17, 15) is 4.79 Å². The Labute approximate surface area is 175 Å². The van der Waals surface area contributed by atoms with Crippen LogP contribution in [-0.4, -0.2) is 42.2 Å². The first-order valence-corrected chi connectivity index (χ1v) is 10.4. The van der Waals surface area contributed by atoms with Crippen molar-refractivity contribution in [3.05, 3.63) is 48.0 Å². The minimum absolute atomic E-state index is 0.128. The molecule has 2 aliphatic heterocycles. The topological polar surface area (TPSA) is 76.6 Å². The van der Waals surface area contributed by atoms with E-state index in [1.54, 1.807) is 0 Å². The van der Waals surface area contributed by atoms with Gasteiger partial charge in [-0.1, -0.05) is 18.2 Å². The van der Waals surface area contributed by atoms with Crippen LogP contribution in [-0.2, 0) is 4.79 Å². The van der Waals surface area contributed by atoms with E-state index in [1.165, 1.54) is 0 Å². The normalized spacial score (nSPS) is 16.5. The molecule has 3 heterocycles. The highest BCUT2D eigenvalue weighted by molar-refractivity contribution is 5.98. The van der Waals surface area contributed by atoms with E-state index in [1.807, 2.05) is 49.4 Å². The Morgan fingerprint density at radius 3 is 2.47 bits per heavy atom. The molecule has 1 aromatic heterocycles. The lowest BCUT2D eigenvalue weighted by atomic mass is 9.99. The Hall–Kier alpha value is -3.35. The zero-order valence-electron chi connectivity index (χ0n) is 16.9. The lowest BCUT2D eigenvalue weighted by molar-refractivity contribution is -0.117. The number of hydrogen-bond donors (Lipinski definition) is 1. The lowest BCUT2D eigenvalue weighted by Crippen LogP contribution is -2.25. The summed E-state index contributed by atoms with van der Waals surface area (Å²) < 4.78 is 11.2. The van der Waals surface area contributed by atoms with Crippen LogP contribution in [0.5, 0.6) is 11.5 Å². The molecule has 2 aromatic carbocycles. The highest BCUT2D eigenvalue weighted by Crippen LogP contribution is 2.34. The Morgan fingerprint density at radius 2 is 1.70 bits per heavy atom. The highest BCUT2D eigenvalue weighted by atomic mass is 16.6. The lowest BCUT2D eigenvalue weighted by Gasteiger charge is -2.22. The number of amides is 1. The van der Waals surface area contributed by atoms with Gasteiger partial charge in [-0.05, 0) is 49.6 Å². The number of ether oxygens (including phenoxy) is 2. The van der Waals surface area contributed by atoms with Crippen LogP contribution < -0.4 is 19.7 Å². The van der Waals surface area contributed by atoms with E-state index < -0.39 is 0 Å². The van der Waals surface area contributed by atoms with Gasteiger partial charge in [0, 0.05) is 13.1 Å². The smallest absolute Gasteiger partial charge is 0.232 e. The number of fused-ring (bicyclic) bond motifs is 2. The minimum atomic E-state index is -0.375. The number of nitrogens with one attached hydrogen (secondary N) is 1. The third kappa shape index (κ3) is 3.51. The standard InChI is InChI=1S/C23H24N4O3/c1-15(16-8-9-19-20(14-16)30-13-12-29-19)23(28)26-21-22(27-10-4-5-11-27)25-18-7-3-2-6-17(18)24-21/h2-3,6-9,14-15H,4-5,10-13H2,1H3,(H,24,26,28). The van der Waals surface area contributed by atoms with Crippen LogP contribution in [0.2, 0.25) is 0 Å². The van der Waals surface area contributed by atoms with Crippen LogP contribution >= 0.6 is 0 Å². The van der Waals surface area contributed by atoms with Crippen molar-refractivity contribution in [2.45, 2.75) is 25.7 Å². The number of nitrogens with zero attached hydrogens (tertiary/aromatic N) is 3. The molecule has 1 unspecified atom stereocenters. The summed E-state index contributed by atoms with van der Waals surface area (Å²) in [6, 6.07) is 13.4. The Balaban J connectivity index is 1.44. The summed E-state index contributed by atoms with van der Waals surface area (Å²) in [5.41, 5.74) is 2.47. The van der Waals surface area contributed by atoms with E-state index >= 15 is 0 Å². The number of aromatic nitrogens is 2. The maximum Gasteiger partial charge on any atom is 0.232 e. The molecule has 1 atom stereocenters. The molecule has 0 aliphatic carbocycles. The van der Waals surface area contributed by atoms with Gasteiger partial charge < -0.3 is 19.7 Å². The Kier molecular flexibility index (Phi) is 4.86. The Bertz CT molecular complexity index is 1090. The molecule has 1 amide bonds. The van der Waals surface area contributed by atoms with Gasteiger partial charge in [-0.3, -0.25) is 4.79 Å². The minimum Gasteiger partial charge on any atom is -0.486 e. The van der Waals surface area contributed by atoms with Crippen molar-refractivity contribution in [3.8, 4) is 11.5 Å². The predicted molar refractivity (Wildman–Crippen MR) is 115 cm³/mol. The third-order valence-corrected chi connectivity index (χ3v) is 5.66. The second kappa shape index (κ2) is 7.82. The van der Waals surface area contributed by atoms with Gasteiger partial charge in [-0.25, -0.2) is 9.97 Å². The first-order chi connectivity index (χ1) is 14.7. The summed E-state index contributed by atoms with van der Waals surface area (Å²) in [5, 5.41) is 3.03. The average Bonchev–Trinajstić information content (AvgIpc) is 3.32. The van der Waals surface area contributed by atoms with E-state index in [4.69, 9.17) is 19.4 Å². The van der Waals surface area contributed by atoms with Gasteiger partial charge in [0.05, 0.1) is 17.0 Å². The second-order valence-electron chi connectivity index (χ2n) is 7.69. The molecule has 1 fully saturated rings. The van der Waals surface area contributed by atoms with E-state index in [0.717, 1.165) is 48.3 Å². The van der Waals surface area contributed by atoms with Gasteiger partial charge in [0.2, 0.25) is 5.91 Å². The number of carbonyl (C=O) groups excluding carboxylic acids is 1. The molecule has 5 rings (SSSR count). The van der Waals surface area contributed by atoms with Crippen LogP contribution in [0, 0.1) is 0 Å². The number of hydrogen-bond acceptors (Lipinski definition) is 6. The van der Waals surface area contributed by atoms with Gasteiger partial charge in [-0.15, -0.1) is 0 Å². The fourth-order valence-electron chi connectivity index (χ4n) is 3.93. The van der Waals surface area contributed by atoms with Gasteiger partial charge in [-0.2, -0.15) is 0 Å². The van der Waals surface area contributed by atoms with Gasteiger partial charge in [0.25, 0.3) is 0 Å². The fourth-order valence-corrected chi connectivity index (χ4v) is 3.93. The summed E-state index contributed by atoms with van der Waals surface area (Å²) in [4.78, 5) is 24.9. The predicted octanol–water partition coefficient (Wildman–Crippen LogP) is 3.74. The van der Waals surface area contributed by atoms with Crippen molar-refractivity contribution in [1.29, 1.82) is 0 Å². The molecule has 1 N–H and O–H groups in total. The summed E-state index contributed by atoms with van der Waals surface area (Å²) in [5.74, 6) is 2.16. The first-order valence-electron chi connectivity index (χ1n) is 10.4. The summed E-state index contributed by atoms with van der Waals surface area (Å²) in [6.45, 7) is 4.79. The second-order valence-corrected chi connectivity index (χ2v) is 7.69. The van der Waals surface area contributed by atoms with Crippen LogP contribution in [0.4, 0.5) is 11.6 Å². The van der Waals surface area contributed by atoms with E-state index in [0.29, 0.717) is 30.5 Å². The molecule has 7 nitrogen and oxygen atoms in total. The summed E-state index contributed by atoms with van der Waals surface area (Å²) >= 11 is 0. The number of para-hydroxylation sites is 2. The molecular weight excluding hydrogens is 380 g/mol. The molecule has 2 aliphatic rings. The van der Waals surface area contributed by atoms with Crippen LogP contribution in [0.1, 0.15) is 31.2 Å². The monoisotopic (exact) mass is 404 g/mol. The highest BCUT2D eigenvalue weighted by Gasteiger charge is 2.24. The van der Waals surface area contributed by atoms with Crippen molar-refractivity contribution in [2.75, 3.05) is 36.5 Å². The molecule has 0 saturated carbocycles. The first kappa shape index (κ1) is 18.7. The Morgan fingerprint density at radius 1 is 1.00 bits per heavy atom. The van der Waals surface area contributed by atoms with Gasteiger partial charge in [0.1, 0.15) is 13.2 Å².